The van der Waals surface area contributed by atoms with Crippen LogP contribution in [0.2, 0.25) is 0 Å². The predicted octanol–water partition coefficient (Wildman–Crippen LogP) is -0.0330. The third kappa shape index (κ3) is 5.41. The van der Waals surface area contributed by atoms with Crippen LogP contribution in [-0.4, -0.2) is 77.7 Å². The van der Waals surface area contributed by atoms with E-state index in [9.17, 15) is 19.2 Å². The summed E-state index contributed by atoms with van der Waals surface area (Å²) in [7, 11) is 5.13. The van der Waals surface area contributed by atoms with Crippen LogP contribution in [0, 0.1) is 23.7 Å². The highest BCUT2D eigenvalue weighted by Crippen LogP contribution is 2.49. The van der Waals surface area contributed by atoms with Crippen molar-refractivity contribution in [3.05, 3.63) is 0 Å². The van der Waals surface area contributed by atoms with E-state index < -0.39 is 59.8 Å². The lowest BCUT2D eigenvalue weighted by atomic mass is 9.56. The van der Waals surface area contributed by atoms with Crippen LogP contribution in [-0.2, 0) is 47.6 Å². The van der Waals surface area contributed by atoms with E-state index in [-0.39, 0.29) is 13.2 Å². The van der Waals surface area contributed by atoms with Crippen molar-refractivity contribution in [3.63, 3.8) is 0 Å². The maximum atomic E-state index is 12.6. The monoisotopic (exact) mass is 404 g/mol. The molecule has 0 aliphatic heterocycles. The van der Waals surface area contributed by atoms with Gasteiger partial charge in [-0.1, -0.05) is 0 Å². The van der Waals surface area contributed by atoms with Crippen molar-refractivity contribution in [1.29, 1.82) is 0 Å². The first-order valence-electron chi connectivity index (χ1n) is 8.77. The molecular weight excluding hydrogens is 376 g/mol. The third-order valence-electron chi connectivity index (χ3n) is 4.48. The lowest BCUT2D eigenvalue weighted by Crippen LogP contribution is -2.61. The Balaban J connectivity index is 3.12. The normalized spacial score (nSPS) is 25.6. The van der Waals surface area contributed by atoms with E-state index in [1.165, 1.54) is 14.2 Å². The van der Waals surface area contributed by atoms with Crippen LogP contribution in [0.15, 0.2) is 0 Å². The van der Waals surface area contributed by atoms with Crippen molar-refractivity contribution in [3.8, 4) is 0 Å². The minimum absolute atomic E-state index is 0.129. The summed E-state index contributed by atoms with van der Waals surface area (Å²) in [6.07, 6.45) is -1.22. The maximum absolute atomic E-state index is 12.6. The zero-order chi connectivity index (χ0) is 21.4. The summed E-state index contributed by atoms with van der Waals surface area (Å²) in [6, 6.07) is 0. The molecule has 2 atom stereocenters. The second kappa shape index (κ2) is 11.0. The van der Waals surface area contributed by atoms with Crippen molar-refractivity contribution in [2.45, 2.75) is 26.1 Å². The average Bonchev–Trinajstić information content (AvgIpc) is 2.60. The van der Waals surface area contributed by atoms with E-state index in [2.05, 4.69) is 0 Å². The molecule has 1 saturated carbocycles. The van der Waals surface area contributed by atoms with Gasteiger partial charge in [0.05, 0.1) is 51.1 Å². The molecule has 0 spiro atoms. The summed E-state index contributed by atoms with van der Waals surface area (Å²) in [4.78, 5) is 49.7. The third-order valence-corrected chi connectivity index (χ3v) is 4.48. The summed E-state index contributed by atoms with van der Waals surface area (Å²) in [6.45, 7) is 3.45. The van der Waals surface area contributed by atoms with E-state index in [1.807, 2.05) is 0 Å². The second-order valence-corrected chi connectivity index (χ2v) is 6.56. The summed E-state index contributed by atoms with van der Waals surface area (Å²) in [5, 5.41) is 0. The molecule has 160 valence electrons. The Bertz CT molecular complexity index is 517. The molecule has 0 amide bonds. The molecule has 2 unspecified atom stereocenters. The molecule has 0 radical (unpaired) electrons. The molecule has 0 N–H and O–H groups in total. The molecule has 0 aromatic heterocycles. The van der Waals surface area contributed by atoms with Gasteiger partial charge in [-0.15, -0.1) is 0 Å². The van der Waals surface area contributed by atoms with Crippen LogP contribution in [0.5, 0.6) is 0 Å². The van der Waals surface area contributed by atoms with Gasteiger partial charge in [0.2, 0.25) is 0 Å². The highest BCUT2D eigenvalue weighted by Gasteiger charge is 2.66. The second-order valence-electron chi connectivity index (χ2n) is 6.56. The van der Waals surface area contributed by atoms with Crippen molar-refractivity contribution in [2.24, 2.45) is 23.7 Å². The molecule has 1 aliphatic carbocycles. The van der Waals surface area contributed by atoms with Crippen LogP contribution in [0.4, 0.5) is 0 Å². The fourth-order valence-electron chi connectivity index (χ4n) is 3.28. The molecule has 0 heterocycles. The first kappa shape index (κ1) is 23.8. The van der Waals surface area contributed by atoms with Crippen molar-refractivity contribution < 1.29 is 47.6 Å². The van der Waals surface area contributed by atoms with Crippen LogP contribution in [0.25, 0.3) is 0 Å². The number of hydrogen-bond donors (Lipinski definition) is 0. The van der Waals surface area contributed by atoms with Gasteiger partial charge in [0.1, 0.15) is 12.2 Å². The minimum atomic E-state index is -1.23. The largest absolute Gasteiger partial charge is 0.469 e. The fourth-order valence-corrected chi connectivity index (χ4v) is 3.28. The highest BCUT2D eigenvalue weighted by atomic mass is 16.6. The van der Waals surface area contributed by atoms with Crippen molar-refractivity contribution in [1.82, 2.24) is 0 Å². The Kier molecular flexibility index (Phi) is 9.33. The molecule has 10 nitrogen and oxygen atoms in total. The van der Waals surface area contributed by atoms with Gasteiger partial charge in [0.25, 0.3) is 0 Å². The summed E-state index contributed by atoms with van der Waals surface area (Å²) >= 11 is 0. The van der Waals surface area contributed by atoms with Crippen molar-refractivity contribution >= 4 is 23.9 Å². The van der Waals surface area contributed by atoms with Crippen LogP contribution in [0.1, 0.15) is 13.8 Å². The predicted molar refractivity (Wildman–Crippen MR) is 92.9 cm³/mol. The molecule has 0 saturated heterocycles. The Hall–Kier alpha value is -2.20. The van der Waals surface area contributed by atoms with Gasteiger partial charge in [0, 0.05) is 14.2 Å². The molecule has 28 heavy (non-hydrogen) atoms. The van der Waals surface area contributed by atoms with Gasteiger partial charge in [-0.05, 0) is 13.8 Å². The van der Waals surface area contributed by atoms with Gasteiger partial charge in [-0.25, -0.2) is 0 Å². The maximum Gasteiger partial charge on any atom is 0.311 e. The Labute approximate surface area is 163 Å². The zero-order valence-corrected chi connectivity index (χ0v) is 17.0. The molecular formula is C18H28O10. The quantitative estimate of drug-likeness (QED) is 0.362. The molecule has 0 aromatic rings. The van der Waals surface area contributed by atoms with E-state index in [1.54, 1.807) is 13.8 Å². The number of carbonyl (C=O) groups excluding carboxylic acids is 4. The molecule has 0 aromatic carbocycles. The standard InChI is InChI=1S/C18H28O10/c1-9(7-23-3)27-17(21)13-11(15(19)25-5)14(12(13)16(20)26-6)18(22)28-10(2)8-24-4/h9-14H,7-8H2,1-6H3. The molecule has 0 bridgehead atoms. The smallest absolute Gasteiger partial charge is 0.311 e. The van der Waals surface area contributed by atoms with Crippen LogP contribution >= 0.6 is 0 Å². The highest BCUT2D eigenvalue weighted by molar-refractivity contribution is 5.97. The minimum Gasteiger partial charge on any atom is -0.469 e. The van der Waals surface area contributed by atoms with Gasteiger partial charge < -0.3 is 28.4 Å². The van der Waals surface area contributed by atoms with Crippen LogP contribution in [0.3, 0.4) is 0 Å². The lowest BCUT2D eigenvalue weighted by molar-refractivity contribution is -0.202. The number of carbonyl (C=O) groups is 4. The summed E-state index contributed by atoms with van der Waals surface area (Å²) < 4.78 is 29.7. The van der Waals surface area contributed by atoms with Crippen molar-refractivity contribution in [2.75, 3.05) is 41.7 Å². The summed E-state index contributed by atoms with van der Waals surface area (Å²) in [5.41, 5.74) is 0. The van der Waals surface area contributed by atoms with E-state index in [0.717, 1.165) is 14.2 Å². The number of methoxy groups -OCH3 is 4. The lowest BCUT2D eigenvalue weighted by Gasteiger charge is -2.45. The number of rotatable bonds is 10. The topological polar surface area (TPSA) is 124 Å². The molecule has 1 fully saturated rings. The van der Waals surface area contributed by atoms with Gasteiger partial charge in [-0.2, -0.15) is 0 Å². The van der Waals surface area contributed by atoms with Crippen LogP contribution < -0.4 is 0 Å². The van der Waals surface area contributed by atoms with E-state index >= 15 is 0 Å². The average molecular weight is 404 g/mol. The molecule has 10 heteroatoms. The number of esters is 4. The Morgan fingerprint density at radius 2 is 0.893 bits per heavy atom. The van der Waals surface area contributed by atoms with Gasteiger partial charge >= 0.3 is 23.9 Å². The number of hydrogen-bond acceptors (Lipinski definition) is 10. The SMILES string of the molecule is COCC(C)OC(=O)C1C(C(=O)OC)C(C(=O)OC(C)COC)C1C(=O)OC. The fraction of sp³-hybridized carbons (Fsp3) is 0.778. The van der Waals surface area contributed by atoms with Gasteiger partial charge in [0.15, 0.2) is 0 Å². The van der Waals surface area contributed by atoms with E-state index in [4.69, 9.17) is 28.4 Å². The van der Waals surface area contributed by atoms with Gasteiger partial charge in [-0.3, -0.25) is 19.2 Å². The molecule has 1 rings (SSSR count). The Morgan fingerprint density at radius 3 is 1.14 bits per heavy atom. The summed E-state index contributed by atoms with van der Waals surface area (Å²) in [5.74, 6) is -8.17. The Morgan fingerprint density at radius 1 is 0.607 bits per heavy atom. The zero-order valence-electron chi connectivity index (χ0n) is 17.0. The van der Waals surface area contributed by atoms with E-state index in [0.29, 0.717) is 0 Å². The molecule has 1 aliphatic rings. The number of ether oxygens (including phenoxy) is 6. The first-order chi connectivity index (χ1) is 13.2. The first-order valence-corrected chi connectivity index (χ1v) is 8.77.